The summed E-state index contributed by atoms with van der Waals surface area (Å²) >= 11 is 0. The first-order valence-corrected chi connectivity index (χ1v) is 13.0. The minimum absolute atomic E-state index is 0.0392. The van der Waals surface area contributed by atoms with E-state index in [9.17, 15) is 35.1 Å². The van der Waals surface area contributed by atoms with Gasteiger partial charge in [0, 0.05) is 35.2 Å². The van der Waals surface area contributed by atoms with Crippen LogP contribution in [0.2, 0.25) is 0 Å². The number of benzene rings is 4. The van der Waals surface area contributed by atoms with Crippen LogP contribution in [0.15, 0.2) is 91.8 Å². The van der Waals surface area contributed by atoms with Gasteiger partial charge in [-0.2, -0.15) is 8.78 Å². The number of aromatic nitrogens is 2. The van der Waals surface area contributed by atoms with Gasteiger partial charge in [-0.3, -0.25) is 0 Å². The van der Waals surface area contributed by atoms with Crippen molar-refractivity contribution in [1.82, 2.24) is 9.97 Å². The molecule has 44 heavy (non-hydrogen) atoms. The van der Waals surface area contributed by atoms with Gasteiger partial charge in [-0.05, 0) is 72.0 Å². The average Bonchev–Trinajstić information content (AvgIpc) is 2.98. The van der Waals surface area contributed by atoms with Crippen LogP contribution in [0.5, 0.6) is 5.75 Å². The highest BCUT2D eigenvalue weighted by Gasteiger charge is 2.38. The number of rotatable bonds is 9. The Bertz CT molecular complexity index is 1840. The number of nitrogens with zero attached hydrogens (tertiary/aromatic N) is 2. The van der Waals surface area contributed by atoms with E-state index in [1.807, 2.05) is 0 Å². The zero-order valence-electron chi connectivity index (χ0n) is 22.5. The zero-order valence-corrected chi connectivity index (χ0v) is 22.5. The Kier molecular flexibility index (Phi) is 8.48. The molecule has 1 heterocycles. The first-order valence-electron chi connectivity index (χ1n) is 13.0. The van der Waals surface area contributed by atoms with Crippen molar-refractivity contribution in [2.45, 2.75) is 19.0 Å². The van der Waals surface area contributed by atoms with Gasteiger partial charge in [0.05, 0.1) is 5.56 Å². The molecule has 0 fully saturated rings. The van der Waals surface area contributed by atoms with E-state index < -0.39 is 52.3 Å². The predicted octanol–water partition coefficient (Wildman–Crippen LogP) is 9.56. The molecule has 0 radical (unpaired) electrons. The van der Waals surface area contributed by atoms with Crippen LogP contribution in [0.1, 0.15) is 17.5 Å². The van der Waals surface area contributed by atoms with Crippen LogP contribution in [0, 0.1) is 34.9 Å². The summed E-state index contributed by atoms with van der Waals surface area (Å²) in [6, 6.07) is 9.89. The smallest absolute Gasteiger partial charge is 0.429 e. The highest BCUT2D eigenvalue weighted by molar-refractivity contribution is 5.72. The van der Waals surface area contributed by atoms with Gasteiger partial charge in [0.2, 0.25) is 0 Å². The number of halogens is 8. The van der Waals surface area contributed by atoms with Gasteiger partial charge in [0.15, 0.2) is 23.3 Å². The molecule has 0 bridgehead atoms. The Labute approximate surface area is 246 Å². The van der Waals surface area contributed by atoms with E-state index in [0.29, 0.717) is 31.0 Å². The SMILES string of the molecule is C=CCCc1cnc(-c2ccc(C(F)(F)Oc3ccc(-c4ccc(-c5cc(F)c(F)c(F)c5)c(F)c4)c(F)c3)c(F)c2)nc1. The lowest BCUT2D eigenvalue weighted by molar-refractivity contribution is -0.187. The van der Waals surface area contributed by atoms with Crippen LogP contribution >= 0.6 is 0 Å². The van der Waals surface area contributed by atoms with Gasteiger partial charge in [0.25, 0.3) is 0 Å². The fraction of sp³-hybridized carbons (Fsp3) is 0.0909. The van der Waals surface area contributed by atoms with E-state index in [1.54, 1.807) is 18.5 Å². The summed E-state index contributed by atoms with van der Waals surface area (Å²) in [5.41, 5.74) is -0.963. The number of aryl methyl sites for hydroxylation is 1. The van der Waals surface area contributed by atoms with Crippen molar-refractivity contribution >= 4 is 0 Å². The van der Waals surface area contributed by atoms with Crippen molar-refractivity contribution < 1.29 is 39.9 Å². The summed E-state index contributed by atoms with van der Waals surface area (Å²) in [7, 11) is 0. The lowest BCUT2D eigenvalue weighted by atomic mass is 9.99. The average molecular weight is 613 g/mol. The van der Waals surface area contributed by atoms with Crippen LogP contribution in [0.3, 0.4) is 0 Å². The Hall–Kier alpha value is -5.06. The summed E-state index contributed by atoms with van der Waals surface area (Å²) in [5.74, 6) is -8.65. The van der Waals surface area contributed by atoms with Gasteiger partial charge in [-0.1, -0.05) is 24.3 Å². The van der Waals surface area contributed by atoms with Gasteiger partial charge in [-0.25, -0.2) is 36.3 Å². The molecule has 0 saturated heterocycles. The number of alkyl halides is 2. The summed E-state index contributed by atoms with van der Waals surface area (Å²) in [6.07, 6.45) is 1.99. The number of ether oxygens (including phenoxy) is 1. The first-order chi connectivity index (χ1) is 21.0. The molecule has 0 saturated carbocycles. The molecular formula is C33H20F8N2O. The van der Waals surface area contributed by atoms with E-state index in [1.165, 1.54) is 12.1 Å². The maximum absolute atomic E-state index is 15.0. The lowest BCUT2D eigenvalue weighted by Gasteiger charge is -2.19. The second-order valence-electron chi connectivity index (χ2n) is 9.65. The van der Waals surface area contributed by atoms with Crippen LogP contribution in [0.4, 0.5) is 35.1 Å². The van der Waals surface area contributed by atoms with Crippen molar-refractivity contribution in [2.24, 2.45) is 0 Å². The third-order valence-electron chi connectivity index (χ3n) is 6.64. The molecule has 0 aliphatic carbocycles. The van der Waals surface area contributed by atoms with Crippen molar-refractivity contribution in [1.29, 1.82) is 0 Å². The summed E-state index contributed by atoms with van der Waals surface area (Å²) in [6.45, 7) is 3.63. The molecule has 0 aliphatic heterocycles. The monoisotopic (exact) mass is 612 g/mol. The molecule has 4 aromatic carbocycles. The van der Waals surface area contributed by atoms with Crippen LogP contribution < -0.4 is 4.74 Å². The first kappa shape index (κ1) is 30.4. The molecule has 0 spiro atoms. The van der Waals surface area contributed by atoms with Crippen LogP contribution in [-0.4, -0.2) is 9.97 Å². The molecule has 0 unspecified atom stereocenters. The molecule has 5 rings (SSSR count). The Morgan fingerprint density at radius 3 is 1.84 bits per heavy atom. The van der Waals surface area contributed by atoms with E-state index in [4.69, 9.17) is 0 Å². The maximum atomic E-state index is 15.0. The quantitative estimate of drug-likeness (QED) is 0.0945. The van der Waals surface area contributed by atoms with Crippen molar-refractivity contribution in [2.75, 3.05) is 0 Å². The topological polar surface area (TPSA) is 35.0 Å². The Balaban J connectivity index is 1.34. The summed E-state index contributed by atoms with van der Waals surface area (Å²) < 4.78 is 120. The van der Waals surface area contributed by atoms with Crippen LogP contribution in [-0.2, 0) is 12.5 Å². The fourth-order valence-electron chi connectivity index (χ4n) is 4.42. The third kappa shape index (κ3) is 6.31. The minimum atomic E-state index is -4.21. The maximum Gasteiger partial charge on any atom is 0.429 e. The Morgan fingerprint density at radius 1 is 0.659 bits per heavy atom. The second-order valence-corrected chi connectivity index (χ2v) is 9.65. The van der Waals surface area contributed by atoms with Crippen molar-refractivity contribution in [3.05, 3.63) is 138 Å². The molecule has 0 aliphatic rings. The molecular weight excluding hydrogens is 592 g/mol. The van der Waals surface area contributed by atoms with E-state index >= 15 is 0 Å². The zero-order chi connectivity index (χ0) is 31.6. The Morgan fingerprint density at radius 2 is 1.23 bits per heavy atom. The van der Waals surface area contributed by atoms with Crippen LogP contribution in [0.25, 0.3) is 33.6 Å². The van der Waals surface area contributed by atoms with Gasteiger partial charge in [0.1, 0.15) is 23.2 Å². The molecule has 11 heteroatoms. The largest absolute Gasteiger partial charge is 0.429 e. The molecule has 5 aromatic rings. The highest BCUT2D eigenvalue weighted by atomic mass is 19.3. The molecule has 0 atom stereocenters. The lowest BCUT2D eigenvalue weighted by Crippen LogP contribution is -2.23. The normalized spacial score (nSPS) is 11.5. The molecule has 1 aromatic heterocycles. The second kappa shape index (κ2) is 12.3. The third-order valence-corrected chi connectivity index (χ3v) is 6.64. The standard InChI is InChI=1S/C33H20F8N2O/c1-2-3-4-18-16-42-32(43-17-18)20-6-10-25(28(36)12-20)33(40,41)44-22-7-9-23(27(35)15-22)19-5-8-24(26(34)11-19)21-13-29(37)31(39)30(38)14-21/h2,5-17H,1,3-4H2. The van der Waals surface area contributed by atoms with E-state index in [-0.39, 0.29) is 33.6 Å². The number of allylic oxidation sites excluding steroid dienone is 1. The summed E-state index contributed by atoms with van der Waals surface area (Å²) in [5, 5.41) is 0. The van der Waals surface area contributed by atoms with Gasteiger partial charge < -0.3 is 4.74 Å². The van der Waals surface area contributed by atoms with Gasteiger partial charge in [-0.15, -0.1) is 6.58 Å². The van der Waals surface area contributed by atoms with E-state index in [2.05, 4.69) is 21.3 Å². The molecule has 3 nitrogen and oxygen atoms in total. The number of hydrogen-bond donors (Lipinski definition) is 0. The fourth-order valence-corrected chi connectivity index (χ4v) is 4.42. The number of hydrogen-bond acceptors (Lipinski definition) is 3. The van der Waals surface area contributed by atoms with Crippen molar-refractivity contribution in [3.8, 4) is 39.4 Å². The predicted molar refractivity (Wildman–Crippen MR) is 148 cm³/mol. The van der Waals surface area contributed by atoms with Gasteiger partial charge >= 0.3 is 6.11 Å². The molecule has 0 N–H and O–H groups in total. The molecule has 224 valence electrons. The molecule has 0 amide bonds. The van der Waals surface area contributed by atoms with Crippen molar-refractivity contribution in [3.63, 3.8) is 0 Å². The minimum Gasteiger partial charge on any atom is -0.429 e. The highest BCUT2D eigenvalue weighted by Crippen LogP contribution is 2.37. The van der Waals surface area contributed by atoms with E-state index in [0.717, 1.165) is 42.0 Å². The summed E-state index contributed by atoms with van der Waals surface area (Å²) in [4.78, 5) is 8.28.